The molecule has 0 unspecified atom stereocenters. The number of amides is 1. The molecule has 2 fully saturated rings. The van der Waals surface area contributed by atoms with Gasteiger partial charge in [0, 0.05) is 42.9 Å². The smallest absolute Gasteiger partial charge is 0.253 e. The van der Waals surface area contributed by atoms with E-state index in [1.54, 1.807) is 6.20 Å². The van der Waals surface area contributed by atoms with Crippen LogP contribution in [0.4, 0.5) is 0 Å². The van der Waals surface area contributed by atoms with Crippen LogP contribution >= 0.6 is 0 Å². The van der Waals surface area contributed by atoms with Gasteiger partial charge in [-0.15, -0.1) is 0 Å². The zero-order valence-corrected chi connectivity index (χ0v) is 17.2. The van der Waals surface area contributed by atoms with Crippen LogP contribution in [0.5, 0.6) is 0 Å². The summed E-state index contributed by atoms with van der Waals surface area (Å²) in [4.78, 5) is 24.2. The van der Waals surface area contributed by atoms with Crippen LogP contribution in [0.3, 0.4) is 0 Å². The van der Waals surface area contributed by atoms with E-state index in [9.17, 15) is 4.79 Å². The maximum Gasteiger partial charge on any atom is 0.253 e. The van der Waals surface area contributed by atoms with E-state index < -0.39 is 0 Å². The Kier molecular flexibility index (Phi) is 5.07. The van der Waals surface area contributed by atoms with Gasteiger partial charge in [-0.3, -0.25) is 9.78 Å². The van der Waals surface area contributed by atoms with Crippen LogP contribution in [-0.4, -0.2) is 39.0 Å². The highest BCUT2D eigenvalue weighted by molar-refractivity contribution is 5.94. The molecular weight excluding hydrogens is 376 g/mol. The Balaban J connectivity index is 1.44. The summed E-state index contributed by atoms with van der Waals surface area (Å²) in [7, 11) is 0. The van der Waals surface area contributed by atoms with Crippen LogP contribution in [0.1, 0.15) is 76.6 Å². The van der Waals surface area contributed by atoms with E-state index in [2.05, 4.69) is 16.2 Å². The molecule has 1 saturated carbocycles. The summed E-state index contributed by atoms with van der Waals surface area (Å²) in [5.74, 6) is 1.99. The predicted octanol–water partition coefficient (Wildman–Crippen LogP) is 4.45. The zero-order chi connectivity index (χ0) is 20.5. The van der Waals surface area contributed by atoms with Gasteiger partial charge in [-0.05, 0) is 43.5 Å². The lowest BCUT2D eigenvalue weighted by molar-refractivity contribution is 0.0788. The molecule has 2 atom stereocenters. The molecule has 1 saturated heterocycles. The van der Waals surface area contributed by atoms with Gasteiger partial charge in [0.25, 0.3) is 5.91 Å². The molecular formula is C24H26N4O2. The second-order valence-corrected chi connectivity index (χ2v) is 8.55. The van der Waals surface area contributed by atoms with Gasteiger partial charge in [-0.2, -0.15) is 4.98 Å². The number of aryl methyl sites for hydroxylation is 1. The van der Waals surface area contributed by atoms with Crippen molar-refractivity contribution in [2.24, 2.45) is 0 Å². The minimum Gasteiger partial charge on any atom is -0.339 e. The number of carbonyl (C=O) groups excluding carboxylic acids is 1. The third kappa shape index (κ3) is 3.62. The maximum atomic E-state index is 13.2. The highest BCUT2D eigenvalue weighted by Gasteiger charge is 2.41. The Morgan fingerprint density at radius 3 is 2.70 bits per heavy atom. The van der Waals surface area contributed by atoms with Gasteiger partial charge < -0.3 is 9.42 Å². The van der Waals surface area contributed by atoms with E-state index in [0.717, 1.165) is 35.4 Å². The average molecular weight is 402 g/mol. The minimum atomic E-state index is -0.0226. The number of nitrogens with zero attached hydrogens (tertiary/aromatic N) is 4. The summed E-state index contributed by atoms with van der Waals surface area (Å²) in [6.45, 7) is 3.19. The Labute approximate surface area is 176 Å². The molecule has 1 amide bonds. The Morgan fingerprint density at radius 1 is 1.10 bits per heavy atom. The molecule has 1 aromatic carbocycles. The molecule has 0 N–H and O–H groups in total. The van der Waals surface area contributed by atoms with E-state index in [0.29, 0.717) is 24.9 Å². The van der Waals surface area contributed by atoms with Crippen LogP contribution in [0, 0.1) is 6.92 Å². The molecule has 30 heavy (non-hydrogen) atoms. The van der Waals surface area contributed by atoms with Crippen molar-refractivity contribution in [3.63, 3.8) is 0 Å². The van der Waals surface area contributed by atoms with Gasteiger partial charge in [0.15, 0.2) is 5.82 Å². The van der Waals surface area contributed by atoms with Gasteiger partial charge in [0.2, 0.25) is 5.89 Å². The fourth-order valence-electron chi connectivity index (χ4n) is 4.86. The zero-order valence-electron chi connectivity index (χ0n) is 17.2. The molecule has 0 radical (unpaired) electrons. The van der Waals surface area contributed by atoms with Crippen molar-refractivity contribution in [2.75, 3.05) is 13.1 Å². The fraction of sp³-hybridized carbons (Fsp3) is 0.417. The molecule has 6 nitrogen and oxygen atoms in total. The first-order valence-corrected chi connectivity index (χ1v) is 10.8. The molecule has 5 rings (SSSR count). The molecule has 1 aliphatic carbocycles. The number of hydrogen-bond donors (Lipinski definition) is 0. The first-order valence-electron chi connectivity index (χ1n) is 10.8. The van der Waals surface area contributed by atoms with Crippen LogP contribution in [-0.2, 0) is 0 Å². The highest BCUT2D eigenvalue weighted by Crippen LogP contribution is 2.40. The van der Waals surface area contributed by atoms with Crippen LogP contribution < -0.4 is 0 Å². The van der Waals surface area contributed by atoms with Crippen molar-refractivity contribution in [3.8, 4) is 0 Å². The number of rotatable bonds is 4. The number of benzene rings is 1. The molecule has 3 aromatic rings. The normalized spacial score (nSPS) is 22.0. The summed E-state index contributed by atoms with van der Waals surface area (Å²) in [6, 6.07) is 11.8. The summed E-state index contributed by atoms with van der Waals surface area (Å²) < 4.78 is 5.75. The highest BCUT2D eigenvalue weighted by atomic mass is 16.5. The van der Waals surface area contributed by atoms with Crippen molar-refractivity contribution in [1.29, 1.82) is 0 Å². The second-order valence-electron chi connectivity index (χ2n) is 8.55. The van der Waals surface area contributed by atoms with E-state index in [-0.39, 0.29) is 17.7 Å². The van der Waals surface area contributed by atoms with E-state index in [4.69, 9.17) is 9.51 Å². The number of likely N-dealkylation sites (tertiary alicyclic amines) is 1. The molecule has 6 heteroatoms. The molecule has 0 bridgehead atoms. The SMILES string of the molecule is Cc1cccc(C(=O)N2C[C@@H](c3cccnc3)[C@H](c3nc(C4CCCC4)no3)C2)c1. The summed E-state index contributed by atoms with van der Waals surface area (Å²) in [5, 5.41) is 4.31. The van der Waals surface area contributed by atoms with E-state index in [1.165, 1.54) is 12.8 Å². The molecule has 3 heterocycles. The summed E-state index contributed by atoms with van der Waals surface area (Å²) >= 11 is 0. The quantitative estimate of drug-likeness (QED) is 0.644. The molecule has 0 spiro atoms. The standard InChI is InChI=1S/C24H26N4O2/c1-16-6-4-9-18(12-16)24(29)28-14-20(19-10-5-11-25-13-19)21(15-28)23-26-22(27-30-23)17-7-2-3-8-17/h4-6,9-13,17,20-21H,2-3,7-8,14-15H2,1H3/t20-,21+/m0/s1. The minimum absolute atomic E-state index is 0.0226. The van der Waals surface area contributed by atoms with Gasteiger partial charge in [-0.1, -0.05) is 41.8 Å². The van der Waals surface area contributed by atoms with Crippen LogP contribution in [0.15, 0.2) is 53.3 Å². The third-order valence-corrected chi connectivity index (χ3v) is 6.48. The second kappa shape index (κ2) is 8.01. The number of aromatic nitrogens is 3. The van der Waals surface area contributed by atoms with Gasteiger partial charge in [-0.25, -0.2) is 0 Å². The van der Waals surface area contributed by atoms with Crippen LogP contribution in [0.25, 0.3) is 0 Å². The Bertz CT molecular complexity index is 1030. The first kappa shape index (κ1) is 19.0. The fourth-order valence-corrected chi connectivity index (χ4v) is 4.86. The van der Waals surface area contributed by atoms with E-state index >= 15 is 0 Å². The van der Waals surface area contributed by atoms with Crippen molar-refractivity contribution < 1.29 is 9.32 Å². The third-order valence-electron chi connectivity index (χ3n) is 6.48. The topological polar surface area (TPSA) is 72.1 Å². The van der Waals surface area contributed by atoms with Gasteiger partial charge >= 0.3 is 0 Å². The largest absolute Gasteiger partial charge is 0.339 e. The number of pyridine rings is 1. The number of hydrogen-bond acceptors (Lipinski definition) is 5. The monoisotopic (exact) mass is 402 g/mol. The lowest BCUT2D eigenvalue weighted by Crippen LogP contribution is -2.28. The van der Waals surface area contributed by atoms with Crippen molar-refractivity contribution >= 4 is 5.91 Å². The molecule has 2 aromatic heterocycles. The van der Waals surface area contributed by atoms with Gasteiger partial charge in [0.05, 0.1) is 5.92 Å². The molecule has 1 aliphatic heterocycles. The molecule has 154 valence electrons. The maximum absolute atomic E-state index is 13.2. The molecule has 2 aliphatic rings. The Hall–Kier alpha value is -3.02. The van der Waals surface area contributed by atoms with Crippen molar-refractivity contribution in [3.05, 3.63) is 77.2 Å². The number of carbonyl (C=O) groups is 1. The van der Waals surface area contributed by atoms with Gasteiger partial charge in [0.1, 0.15) is 0 Å². The lowest BCUT2D eigenvalue weighted by atomic mass is 9.90. The summed E-state index contributed by atoms with van der Waals surface area (Å²) in [5.41, 5.74) is 2.90. The average Bonchev–Trinajstić information content (AvgIpc) is 3.53. The van der Waals surface area contributed by atoms with Crippen molar-refractivity contribution in [1.82, 2.24) is 20.0 Å². The lowest BCUT2D eigenvalue weighted by Gasteiger charge is -2.16. The van der Waals surface area contributed by atoms with Crippen LogP contribution in [0.2, 0.25) is 0 Å². The predicted molar refractivity (Wildman–Crippen MR) is 112 cm³/mol. The summed E-state index contributed by atoms with van der Waals surface area (Å²) in [6.07, 6.45) is 8.38. The Morgan fingerprint density at radius 2 is 1.93 bits per heavy atom. The van der Waals surface area contributed by atoms with Crippen molar-refractivity contribution in [2.45, 2.75) is 50.4 Å². The van der Waals surface area contributed by atoms with E-state index in [1.807, 2.05) is 48.4 Å². The first-order chi connectivity index (χ1) is 14.7.